The van der Waals surface area contributed by atoms with Crippen LogP contribution in [0.2, 0.25) is 0 Å². The molecule has 0 radical (unpaired) electrons. The van der Waals surface area contributed by atoms with Gasteiger partial charge in [0, 0.05) is 41.4 Å². The Morgan fingerprint density at radius 2 is 1.82 bits per heavy atom. The topological polar surface area (TPSA) is 96.2 Å². The lowest BCUT2D eigenvalue weighted by Crippen LogP contribution is -2.21. The Morgan fingerprint density at radius 1 is 1.14 bits per heavy atom. The molecule has 0 saturated heterocycles. The first-order valence-electron chi connectivity index (χ1n) is 6.43. The lowest BCUT2D eigenvalue weighted by atomic mass is 10.4. The summed E-state index contributed by atoms with van der Waals surface area (Å²) in [6.07, 6.45) is 4.29. The minimum Gasteiger partial charge on any atom is -0.361 e. The van der Waals surface area contributed by atoms with E-state index in [0.717, 1.165) is 0 Å². The second-order valence-electron chi connectivity index (χ2n) is 5.18. The molecule has 10 heteroatoms. The van der Waals surface area contributed by atoms with E-state index in [4.69, 9.17) is 0 Å². The summed E-state index contributed by atoms with van der Waals surface area (Å²) in [7, 11) is 5.10. The SMILES string of the molecule is CN(C)c1ncc(NS(=O)(=O)c2cn(C)cn2)c(N(C)C)n1. The highest BCUT2D eigenvalue weighted by Crippen LogP contribution is 2.25. The zero-order valence-electron chi connectivity index (χ0n) is 13.1. The van der Waals surface area contributed by atoms with Crippen LogP contribution >= 0.6 is 0 Å². The van der Waals surface area contributed by atoms with Crippen molar-refractivity contribution in [1.82, 2.24) is 19.5 Å². The monoisotopic (exact) mass is 325 g/mol. The number of nitrogens with zero attached hydrogens (tertiary/aromatic N) is 6. The first-order valence-corrected chi connectivity index (χ1v) is 7.91. The van der Waals surface area contributed by atoms with Gasteiger partial charge in [-0.1, -0.05) is 0 Å². The Bertz CT molecular complexity index is 768. The van der Waals surface area contributed by atoms with Gasteiger partial charge in [0.1, 0.15) is 5.69 Å². The van der Waals surface area contributed by atoms with E-state index >= 15 is 0 Å². The van der Waals surface area contributed by atoms with Crippen molar-refractivity contribution < 1.29 is 8.42 Å². The third kappa shape index (κ3) is 3.27. The van der Waals surface area contributed by atoms with Crippen LogP contribution in [0.25, 0.3) is 0 Å². The molecule has 0 amide bonds. The highest BCUT2D eigenvalue weighted by molar-refractivity contribution is 7.92. The van der Waals surface area contributed by atoms with Crippen molar-refractivity contribution in [3.05, 3.63) is 18.7 Å². The van der Waals surface area contributed by atoms with E-state index < -0.39 is 10.0 Å². The summed E-state index contributed by atoms with van der Waals surface area (Å²) in [5.74, 6) is 0.961. The molecular weight excluding hydrogens is 306 g/mol. The molecule has 0 aliphatic heterocycles. The van der Waals surface area contributed by atoms with Crippen LogP contribution in [0.1, 0.15) is 0 Å². The predicted octanol–water partition coefficient (Wildman–Crippen LogP) is 0.143. The van der Waals surface area contributed by atoms with Crippen molar-refractivity contribution in [2.24, 2.45) is 7.05 Å². The van der Waals surface area contributed by atoms with Gasteiger partial charge < -0.3 is 14.4 Å². The van der Waals surface area contributed by atoms with Gasteiger partial charge in [0.25, 0.3) is 10.0 Å². The van der Waals surface area contributed by atoms with Gasteiger partial charge in [-0.2, -0.15) is 13.4 Å². The minimum absolute atomic E-state index is 0.0589. The second-order valence-corrected chi connectivity index (χ2v) is 6.81. The molecule has 0 aromatic carbocycles. The van der Waals surface area contributed by atoms with Crippen molar-refractivity contribution in [2.45, 2.75) is 5.03 Å². The summed E-state index contributed by atoms with van der Waals surface area (Å²) >= 11 is 0. The molecule has 0 saturated carbocycles. The Balaban J connectivity index is 2.40. The van der Waals surface area contributed by atoms with E-state index in [0.29, 0.717) is 17.5 Å². The van der Waals surface area contributed by atoms with Crippen LogP contribution in [-0.2, 0) is 17.1 Å². The normalized spacial score (nSPS) is 11.3. The van der Waals surface area contributed by atoms with Gasteiger partial charge in [0.15, 0.2) is 10.8 Å². The standard InChI is InChI=1S/C12H19N7O2S/c1-17(2)11-9(6-13-12(15-11)18(3)4)16-22(20,21)10-7-19(5)8-14-10/h6-8,16H,1-5H3. The minimum atomic E-state index is -3.78. The molecule has 0 atom stereocenters. The Kier molecular flexibility index (Phi) is 4.22. The van der Waals surface area contributed by atoms with E-state index in [1.807, 2.05) is 14.1 Å². The summed E-state index contributed by atoms with van der Waals surface area (Å²) in [5.41, 5.74) is 0.293. The quantitative estimate of drug-likeness (QED) is 0.835. The maximum Gasteiger partial charge on any atom is 0.281 e. The molecule has 0 unspecified atom stereocenters. The molecule has 1 N–H and O–H groups in total. The number of rotatable bonds is 5. The highest BCUT2D eigenvalue weighted by Gasteiger charge is 2.21. The lowest BCUT2D eigenvalue weighted by Gasteiger charge is -2.19. The number of aromatic nitrogens is 4. The van der Waals surface area contributed by atoms with E-state index in [1.54, 1.807) is 35.5 Å². The molecule has 2 aromatic rings. The van der Waals surface area contributed by atoms with Gasteiger partial charge in [-0.25, -0.2) is 9.97 Å². The van der Waals surface area contributed by atoms with Gasteiger partial charge in [-0.05, 0) is 0 Å². The summed E-state index contributed by atoms with van der Waals surface area (Å²) in [6, 6.07) is 0. The molecule has 9 nitrogen and oxygen atoms in total. The van der Waals surface area contributed by atoms with Crippen molar-refractivity contribution in [1.29, 1.82) is 0 Å². The second kappa shape index (κ2) is 5.79. The lowest BCUT2D eigenvalue weighted by molar-refractivity contribution is 0.598. The molecule has 2 rings (SSSR count). The number of sulfonamides is 1. The number of imidazole rings is 1. The number of hydrogen-bond acceptors (Lipinski definition) is 7. The van der Waals surface area contributed by atoms with Crippen LogP contribution < -0.4 is 14.5 Å². The Hall–Kier alpha value is -2.36. The van der Waals surface area contributed by atoms with E-state index in [1.165, 1.54) is 18.7 Å². The van der Waals surface area contributed by atoms with E-state index in [9.17, 15) is 8.42 Å². The summed E-state index contributed by atoms with van der Waals surface area (Å²) in [6.45, 7) is 0. The van der Waals surface area contributed by atoms with E-state index in [2.05, 4.69) is 19.7 Å². The Morgan fingerprint density at radius 3 is 2.32 bits per heavy atom. The average Bonchev–Trinajstić information content (AvgIpc) is 2.85. The number of hydrogen-bond donors (Lipinski definition) is 1. The fourth-order valence-electron chi connectivity index (χ4n) is 1.72. The molecular formula is C12H19N7O2S. The van der Waals surface area contributed by atoms with Crippen LogP contribution in [0.3, 0.4) is 0 Å². The first kappa shape index (κ1) is 16.0. The van der Waals surface area contributed by atoms with Crippen LogP contribution in [0.15, 0.2) is 23.7 Å². The van der Waals surface area contributed by atoms with Crippen LogP contribution in [-0.4, -0.2) is 56.1 Å². The number of aryl methyl sites for hydroxylation is 1. The molecule has 0 aliphatic carbocycles. The molecule has 0 aliphatic rings. The smallest absolute Gasteiger partial charge is 0.281 e. The zero-order chi connectivity index (χ0) is 16.5. The first-order chi connectivity index (χ1) is 10.2. The Labute approximate surface area is 129 Å². The van der Waals surface area contributed by atoms with Crippen molar-refractivity contribution in [3.63, 3.8) is 0 Å². The third-order valence-electron chi connectivity index (χ3n) is 2.78. The molecule has 0 spiro atoms. The maximum absolute atomic E-state index is 12.3. The van der Waals surface area contributed by atoms with Gasteiger partial charge in [0.05, 0.1) is 12.5 Å². The zero-order valence-corrected chi connectivity index (χ0v) is 14.0. The van der Waals surface area contributed by atoms with Crippen LogP contribution in [0, 0.1) is 0 Å². The van der Waals surface area contributed by atoms with Crippen LogP contribution in [0.5, 0.6) is 0 Å². The highest BCUT2D eigenvalue weighted by atomic mass is 32.2. The largest absolute Gasteiger partial charge is 0.361 e. The van der Waals surface area contributed by atoms with Crippen molar-refractivity contribution in [3.8, 4) is 0 Å². The van der Waals surface area contributed by atoms with Crippen LogP contribution in [0.4, 0.5) is 17.5 Å². The number of nitrogens with one attached hydrogen (secondary N) is 1. The molecule has 22 heavy (non-hydrogen) atoms. The number of anilines is 3. The summed E-state index contributed by atoms with van der Waals surface area (Å²) in [5, 5.41) is -0.0589. The molecule has 0 fully saturated rings. The molecule has 120 valence electrons. The van der Waals surface area contributed by atoms with Gasteiger partial charge in [0.2, 0.25) is 5.95 Å². The predicted molar refractivity (Wildman–Crippen MR) is 84.7 cm³/mol. The third-order valence-corrected chi connectivity index (χ3v) is 4.03. The summed E-state index contributed by atoms with van der Waals surface area (Å²) in [4.78, 5) is 15.8. The van der Waals surface area contributed by atoms with Gasteiger partial charge in [-0.3, -0.25) is 4.72 Å². The van der Waals surface area contributed by atoms with Gasteiger partial charge in [-0.15, -0.1) is 0 Å². The molecule has 0 bridgehead atoms. The van der Waals surface area contributed by atoms with Crippen molar-refractivity contribution in [2.75, 3.05) is 42.7 Å². The average molecular weight is 325 g/mol. The molecule has 2 heterocycles. The summed E-state index contributed by atoms with van der Waals surface area (Å²) < 4.78 is 28.7. The molecule has 2 aromatic heterocycles. The van der Waals surface area contributed by atoms with E-state index in [-0.39, 0.29) is 5.03 Å². The maximum atomic E-state index is 12.3. The fourth-order valence-corrected chi connectivity index (χ4v) is 2.75. The van der Waals surface area contributed by atoms with Crippen molar-refractivity contribution >= 4 is 27.5 Å². The fraction of sp³-hybridized carbons (Fsp3) is 0.417. The van der Waals surface area contributed by atoms with Gasteiger partial charge >= 0.3 is 0 Å².